The van der Waals surface area contributed by atoms with Crippen LogP contribution in [0.25, 0.3) is 0 Å². The summed E-state index contributed by atoms with van der Waals surface area (Å²) >= 11 is 0. The van der Waals surface area contributed by atoms with E-state index in [0.717, 1.165) is 67.4 Å². The average molecular weight is 1190 g/mol. The molecule has 3 fully saturated rings. The van der Waals surface area contributed by atoms with Crippen LogP contribution in [0.3, 0.4) is 0 Å². The zero-order valence-electron chi connectivity index (χ0n) is 47.3. The van der Waals surface area contributed by atoms with Crippen LogP contribution in [-0.4, -0.2) is 222 Å². The lowest BCUT2D eigenvalue weighted by Gasteiger charge is -2.34. The summed E-state index contributed by atoms with van der Waals surface area (Å²) < 4.78 is 5.91. The molecule has 0 bridgehead atoms. The van der Waals surface area contributed by atoms with Crippen molar-refractivity contribution in [3.8, 4) is 5.75 Å². The van der Waals surface area contributed by atoms with Crippen molar-refractivity contribution in [2.24, 2.45) is 17.6 Å². The van der Waals surface area contributed by atoms with Gasteiger partial charge in [0.25, 0.3) is 0 Å². The lowest BCUT2D eigenvalue weighted by atomic mass is 9.91. The number of carbonyl (C=O) groups is 8. The van der Waals surface area contributed by atoms with Gasteiger partial charge < -0.3 is 111 Å². The molecule has 1 aromatic rings. The Morgan fingerprint density at radius 1 is 0.768 bits per heavy atom. The fourth-order valence-electron chi connectivity index (χ4n) is 10.4. The van der Waals surface area contributed by atoms with Gasteiger partial charge in [0.05, 0.1) is 57.1 Å². The third kappa shape index (κ3) is 21.4. The van der Waals surface area contributed by atoms with Crippen LogP contribution in [0, 0.1) is 11.8 Å². The maximum atomic E-state index is 14.7. The number of primary amides is 1. The van der Waals surface area contributed by atoms with Crippen molar-refractivity contribution in [1.29, 1.82) is 0 Å². The van der Waals surface area contributed by atoms with Gasteiger partial charge in [-0.2, -0.15) is 0 Å². The molecule has 16 atom stereocenters. The van der Waals surface area contributed by atoms with Gasteiger partial charge in [-0.15, -0.1) is 0 Å². The van der Waals surface area contributed by atoms with E-state index in [2.05, 4.69) is 47.4 Å². The number of rotatable bonds is 26. The van der Waals surface area contributed by atoms with Crippen molar-refractivity contribution in [3.63, 3.8) is 0 Å². The van der Waals surface area contributed by atoms with Crippen LogP contribution in [0.5, 0.6) is 5.75 Å². The molecule has 0 spiro atoms. The summed E-state index contributed by atoms with van der Waals surface area (Å²) in [4.78, 5) is 114. The number of nitrogens with one attached hydrogen (secondary N) is 5. The number of halogens is 1. The molecule has 0 radical (unpaired) electrons. The Hall–Kier alpha value is -5.33. The number of hydrogen-bond acceptors (Lipinski definition) is 18. The second-order valence-electron chi connectivity index (χ2n) is 22.0. The summed E-state index contributed by atoms with van der Waals surface area (Å²) in [5, 5.41) is 112. The van der Waals surface area contributed by atoms with Gasteiger partial charge in [-0.05, 0) is 55.7 Å². The second kappa shape index (κ2) is 35.1. The highest BCUT2D eigenvalue weighted by atomic mass is 35.5. The molecule has 82 heavy (non-hydrogen) atoms. The highest BCUT2D eigenvalue weighted by molar-refractivity contribution is 5.98. The number of carbonyl (C=O) groups excluding carboxylic acids is 8. The number of ether oxygens (including phenoxy) is 1. The maximum absolute atomic E-state index is 14.7. The Morgan fingerprint density at radius 3 is 2.02 bits per heavy atom. The summed E-state index contributed by atoms with van der Waals surface area (Å²) in [7, 11) is 0. The van der Waals surface area contributed by atoms with E-state index >= 15 is 0 Å². The fourth-order valence-corrected chi connectivity index (χ4v) is 10.4. The molecule has 8 amide bonds. The van der Waals surface area contributed by atoms with Gasteiger partial charge in [-0.3, -0.25) is 38.4 Å². The SMILES string of the molecule is CCC(C)CC(C)CCCCCCCCC(=O)NC1CC(O)C(OCC[NH2+]CCO)NC(=O)C2C(O)CCN2C(=O)C(C(O)CC(N)=O)NC(=O)C(C(O)C(O)c2ccc(O)cc2)NC(=O)C2CC(O)CN2C(=O)C(C(C)O)NC1=O.[Cl-]. The fraction of sp³-hybridized carbons (Fsp3) is 0.741. The molecule has 3 aliphatic heterocycles. The molecule has 16 unspecified atom stereocenters. The van der Waals surface area contributed by atoms with E-state index in [0.29, 0.717) is 24.7 Å². The summed E-state index contributed by atoms with van der Waals surface area (Å²) in [6.45, 7) is 6.77. The van der Waals surface area contributed by atoms with E-state index in [-0.39, 0.29) is 62.9 Å². The number of aliphatic hydroxyl groups is 8. The normalized spacial score (nSPS) is 27.4. The number of aliphatic hydroxyl groups excluding tert-OH is 8. The van der Waals surface area contributed by atoms with Gasteiger partial charge in [-0.25, -0.2) is 0 Å². The first-order valence-corrected chi connectivity index (χ1v) is 28.4. The Bertz CT molecular complexity index is 2220. The van der Waals surface area contributed by atoms with Gasteiger partial charge in [0, 0.05) is 32.4 Å². The summed E-state index contributed by atoms with van der Waals surface area (Å²) in [5.41, 5.74) is 5.28. The molecule has 18 N–H and O–H groups in total. The van der Waals surface area contributed by atoms with Crippen LogP contribution in [0.15, 0.2) is 24.3 Å². The van der Waals surface area contributed by atoms with Gasteiger partial charge >= 0.3 is 0 Å². The van der Waals surface area contributed by atoms with E-state index in [9.17, 15) is 84.3 Å². The molecule has 0 saturated carbocycles. The molecule has 4 rings (SSSR count). The zero-order valence-corrected chi connectivity index (χ0v) is 48.1. The van der Waals surface area contributed by atoms with E-state index in [1.165, 1.54) is 18.6 Å². The molecule has 0 aliphatic carbocycles. The van der Waals surface area contributed by atoms with Crippen molar-refractivity contribution >= 4 is 47.3 Å². The Balaban J connectivity index is 0.0000176. The van der Waals surface area contributed by atoms with Crippen molar-refractivity contribution in [3.05, 3.63) is 29.8 Å². The number of quaternary nitrogens is 1. The van der Waals surface area contributed by atoms with Crippen LogP contribution in [0.2, 0.25) is 0 Å². The van der Waals surface area contributed by atoms with Crippen molar-refractivity contribution < 1.29 is 107 Å². The standard InChI is InChI=1S/C54H89N9O18.ClH/c1-5-29(2)24-30(3)12-10-8-6-7-9-11-13-41(72)57-35-26-39(70)52(81-23-20-56-19-22-64)61-51(78)45-37(68)18-21-62(45)54(80)43(38(69)27-40(55)71)59-50(77)44(47(74)46(73)32-14-16-33(66)17-15-32)60-49(76)36-25-34(67)28-63(36)53(79)42(31(4)65)58-48(35)75;/h14-17,29-31,34-39,42-47,52,56,64-70,73-74H,5-13,18-28H2,1-4H3,(H2,55,71)(H,57,72)(H,58,75)(H,59,77)(H,60,76)(H,61,78);1H. The van der Waals surface area contributed by atoms with Crippen LogP contribution >= 0.6 is 0 Å². The molecule has 28 heteroatoms. The van der Waals surface area contributed by atoms with Gasteiger partial charge in [0.1, 0.15) is 60.3 Å². The maximum Gasteiger partial charge on any atom is 0.248 e. The van der Waals surface area contributed by atoms with Crippen LogP contribution in [0.4, 0.5) is 0 Å². The number of aromatic hydroxyl groups is 1. The van der Waals surface area contributed by atoms with E-state index < -0.39 is 165 Å². The van der Waals surface area contributed by atoms with E-state index in [4.69, 9.17) is 10.5 Å². The first-order chi connectivity index (χ1) is 38.4. The van der Waals surface area contributed by atoms with Gasteiger partial charge in [-0.1, -0.05) is 77.8 Å². The molecule has 466 valence electrons. The number of phenolic OH excluding ortho intramolecular Hbond substituents is 1. The third-order valence-corrected chi connectivity index (χ3v) is 15.2. The number of benzene rings is 1. The number of unbranched alkanes of at least 4 members (excludes halogenated alkanes) is 5. The minimum atomic E-state index is -2.36. The number of hydrogen-bond donors (Lipinski definition) is 16. The minimum Gasteiger partial charge on any atom is -1.00 e. The van der Waals surface area contributed by atoms with Gasteiger partial charge in [0.2, 0.25) is 47.3 Å². The zero-order chi connectivity index (χ0) is 60.1. The Labute approximate surface area is 484 Å². The summed E-state index contributed by atoms with van der Waals surface area (Å²) in [5.74, 6) is -8.33. The molecular formula is C54H90ClN9O18. The number of fused-ring (bicyclic) bond motifs is 2. The molecule has 3 heterocycles. The topological polar surface area (TPSA) is 437 Å². The Kier molecular flexibility index (Phi) is 30.3. The minimum absolute atomic E-state index is 0. The highest BCUT2D eigenvalue weighted by Gasteiger charge is 2.49. The van der Waals surface area contributed by atoms with Crippen LogP contribution < -0.4 is 50.0 Å². The number of phenols is 1. The second-order valence-corrected chi connectivity index (χ2v) is 22.0. The Morgan fingerprint density at radius 2 is 1.39 bits per heavy atom. The van der Waals surface area contributed by atoms with E-state index in [1.807, 2.05) is 0 Å². The highest BCUT2D eigenvalue weighted by Crippen LogP contribution is 2.27. The molecule has 3 saturated heterocycles. The summed E-state index contributed by atoms with van der Waals surface area (Å²) in [6, 6.07) is -7.26. The van der Waals surface area contributed by atoms with E-state index in [1.54, 1.807) is 5.32 Å². The molecule has 3 aliphatic rings. The molecular weight excluding hydrogens is 1100 g/mol. The van der Waals surface area contributed by atoms with Crippen LogP contribution in [0.1, 0.15) is 129 Å². The number of nitrogens with zero attached hydrogens (tertiary/aromatic N) is 2. The smallest absolute Gasteiger partial charge is 0.248 e. The quantitative estimate of drug-likeness (QED) is 0.0383. The first-order valence-electron chi connectivity index (χ1n) is 28.4. The summed E-state index contributed by atoms with van der Waals surface area (Å²) in [6.07, 6.45) is -9.33. The van der Waals surface area contributed by atoms with Crippen molar-refractivity contribution in [2.45, 2.75) is 203 Å². The molecule has 0 aromatic heterocycles. The van der Waals surface area contributed by atoms with Crippen molar-refractivity contribution in [1.82, 2.24) is 36.4 Å². The number of amides is 8. The predicted octanol–water partition coefficient (Wildman–Crippen LogP) is -7.76. The monoisotopic (exact) mass is 1190 g/mol. The first kappa shape index (κ1) is 70.9. The average Bonchev–Trinajstić information content (AvgIpc) is 4.04. The van der Waals surface area contributed by atoms with Gasteiger partial charge in [0.15, 0.2) is 6.23 Å². The molecule has 1 aromatic carbocycles. The third-order valence-electron chi connectivity index (χ3n) is 15.2. The lowest BCUT2D eigenvalue weighted by molar-refractivity contribution is -0.657. The molecule has 27 nitrogen and oxygen atoms in total. The van der Waals surface area contributed by atoms with Crippen molar-refractivity contribution in [2.75, 3.05) is 39.4 Å². The van der Waals surface area contributed by atoms with Crippen LogP contribution in [-0.2, 0) is 43.1 Å². The lowest BCUT2D eigenvalue weighted by Crippen LogP contribution is -3.00. The number of nitrogens with two attached hydrogens (primary N) is 2. The largest absolute Gasteiger partial charge is 1.00 e. The predicted molar refractivity (Wildman–Crippen MR) is 288 cm³/mol.